The average Bonchev–Trinajstić information content (AvgIpc) is 3.06. The fourth-order valence-electron chi connectivity index (χ4n) is 2.47. The van der Waals surface area contributed by atoms with Gasteiger partial charge in [0.05, 0.1) is 13.2 Å². The Hall–Kier alpha value is -2.94. The van der Waals surface area contributed by atoms with Gasteiger partial charge >= 0.3 is 0 Å². The van der Waals surface area contributed by atoms with Gasteiger partial charge in [-0.15, -0.1) is 5.10 Å². The van der Waals surface area contributed by atoms with Gasteiger partial charge in [-0.2, -0.15) is 4.52 Å². The number of carbonyl (C=O) groups is 1. The molecule has 0 atom stereocenters. The predicted molar refractivity (Wildman–Crippen MR) is 105 cm³/mol. The zero-order chi connectivity index (χ0) is 19.4. The van der Waals surface area contributed by atoms with Crippen LogP contribution in [0.1, 0.15) is 18.2 Å². The van der Waals surface area contributed by atoms with Gasteiger partial charge in [0, 0.05) is 25.4 Å². The van der Waals surface area contributed by atoms with E-state index < -0.39 is 0 Å². The summed E-state index contributed by atoms with van der Waals surface area (Å²) in [6.45, 7) is 4.88. The summed E-state index contributed by atoms with van der Waals surface area (Å²) in [5.74, 6) is 0.671. The van der Waals surface area contributed by atoms with Gasteiger partial charge in [0.15, 0.2) is 0 Å². The molecule has 2 aromatic heterocycles. The third kappa shape index (κ3) is 4.62. The Balaban J connectivity index is 1.59. The van der Waals surface area contributed by atoms with Crippen LogP contribution in [0.3, 0.4) is 0 Å². The van der Waals surface area contributed by atoms with Crippen molar-refractivity contribution in [3.63, 3.8) is 0 Å². The molecular weight excluding hydrogens is 366 g/mol. The maximum atomic E-state index is 12.2. The summed E-state index contributed by atoms with van der Waals surface area (Å²) in [7, 11) is 1.76. The fourth-order valence-corrected chi connectivity index (χ4v) is 3.39. The van der Waals surface area contributed by atoms with Crippen molar-refractivity contribution in [3.8, 4) is 5.75 Å². The third-order valence-corrected chi connectivity index (χ3v) is 4.82. The highest BCUT2D eigenvalue weighted by molar-refractivity contribution is 7.20. The molecule has 3 aromatic rings. The Kier molecular flexibility index (Phi) is 5.70. The van der Waals surface area contributed by atoms with E-state index in [1.807, 2.05) is 31.2 Å². The number of anilines is 1. The van der Waals surface area contributed by atoms with Crippen molar-refractivity contribution in [1.82, 2.24) is 19.9 Å². The van der Waals surface area contributed by atoms with Crippen molar-refractivity contribution in [2.75, 3.05) is 25.1 Å². The minimum absolute atomic E-state index is 0.130. The molecule has 27 heavy (non-hydrogen) atoms. The summed E-state index contributed by atoms with van der Waals surface area (Å²) in [4.78, 5) is 30.7. The first-order valence-corrected chi connectivity index (χ1v) is 9.35. The lowest BCUT2D eigenvalue weighted by atomic mass is 10.2. The molecule has 0 spiro atoms. The molecule has 0 aliphatic rings. The molecule has 1 aromatic carbocycles. The second-order valence-corrected chi connectivity index (χ2v) is 6.96. The van der Waals surface area contributed by atoms with Gasteiger partial charge in [-0.1, -0.05) is 23.5 Å². The summed E-state index contributed by atoms with van der Waals surface area (Å²) in [6.07, 6.45) is 0. The van der Waals surface area contributed by atoms with Crippen LogP contribution in [0.4, 0.5) is 5.13 Å². The van der Waals surface area contributed by atoms with Crippen molar-refractivity contribution >= 4 is 27.3 Å². The standard InChI is InChI=1S/C18H21N5O3S/c1-4-26-14-7-5-13(6-8-14)10-19-15(24)11-22(3)18-21-23-16(25)9-12(2)20-17(23)27-18/h5-9H,4,10-11H2,1-3H3,(H,19,24). The van der Waals surface area contributed by atoms with Crippen LogP contribution in [0.2, 0.25) is 0 Å². The van der Waals surface area contributed by atoms with Gasteiger partial charge in [0.1, 0.15) is 5.75 Å². The number of fused-ring (bicyclic) bond motifs is 1. The highest BCUT2D eigenvalue weighted by Gasteiger charge is 2.14. The molecule has 0 saturated carbocycles. The van der Waals surface area contributed by atoms with Crippen LogP contribution in [0.15, 0.2) is 35.1 Å². The Morgan fingerprint density at radius 1 is 1.33 bits per heavy atom. The summed E-state index contributed by atoms with van der Waals surface area (Å²) in [5.41, 5.74) is 1.40. The van der Waals surface area contributed by atoms with Gasteiger partial charge in [-0.3, -0.25) is 9.59 Å². The summed E-state index contributed by atoms with van der Waals surface area (Å²) in [5, 5.41) is 7.68. The van der Waals surface area contributed by atoms with E-state index in [1.165, 1.54) is 21.9 Å². The quantitative estimate of drug-likeness (QED) is 0.663. The third-order valence-electron chi connectivity index (χ3n) is 3.79. The monoisotopic (exact) mass is 387 g/mol. The molecule has 1 N–H and O–H groups in total. The van der Waals surface area contributed by atoms with Crippen LogP contribution in [0, 0.1) is 6.92 Å². The Morgan fingerprint density at radius 2 is 2.07 bits per heavy atom. The number of nitrogens with zero attached hydrogens (tertiary/aromatic N) is 4. The SMILES string of the molecule is CCOc1ccc(CNC(=O)CN(C)c2nn3c(=O)cc(C)nc3s2)cc1. The summed E-state index contributed by atoms with van der Waals surface area (Å²) >= 11 is 1.27. The van der Waals surface area contributed by atoms with Crippen molar-refractivity contribution in [3.05, 3.63) is 51.9 Å². The van der Waals surface area contributed by atoms with E-state index >= 15 is 0 Å². The number of hydrogen-bond donors (Lipinski definition) is 1. The number of aromatic nitrogens is 3. The maximum Gasteiger partial charge on any atom is 0.275 e. The number of amides is 1. The maximum absolute atomic E-state index is 12.2. The molecule has 2 heterocycles. The first-order chi connectivity index (χ1) is 13.0. The van der Waals surface area contributed by atoms with Crippen molar-refractivity contribution < 1.29 is 9.53 Å². The number of carbonyl (C=O) groups excluding carboxylic acids is 1. The Morgan fingerprint density at radius 3 is 2.78 bits per heavy atom. The van der Waals surface area contributed by atoms with E-state index in [0.29, 0.717) is 28.9 Å². The average molecular weight is 387 g/mol. The lowest BCUT2D eigenvalue weighted by Crippen LogP contribution is -2.34. The number of likely N-dealkylation sites (N-methyl/N-ethyl adjacent to an activating group) is 1. The molecular formula is C18H21N5O3S. The van der Waals surface area contributed by atoms with E-state index in [9.17, 15) is 9.59 Å². The lowest BCUT2D eigenvalue weighted by molar-refractivity contribution is -0.119. The first-order valence-electron chi connectivity index (χ1n) is 8.53. The van der Waals surface area contributed by atoms with Gasteiger partial charge < -0.3 is 15.0 Å². The molecule has 0 radical (unpaired) electrons. The molecule has 0 bridgehead atoms. The van der Waals surface area contributed by atoms with Crippen molar-refractivity contribution in [1.29, 1.82) is 0 Å². The van der Waals surface area contributed by atoms with E-state index in [2.05, 4.69) is 15.4 Å². The molecule has 9 heteroatoms. The number of rotatable bonds is 7. The molecule has 0 unspecified atom stereocenters. The molecule has 3 rings (SSSR count). The second-order valence-electron chi connectivity index (χ2n) is 6.02. The largest absolute Gasteiger partial charge is 0.494 e. The zero-order valence-electron chi connectivity index (χ0n) is 15.4. The highest BCUT2D eigenvalue weighted by atomic mass is 32.1. The van der Waals surface area contributed by atoms with Gasteiger partial charge in [0.25, 0.3) is 5.56 Å². The minimum Gasteiger partial charge on any atom is -0.494 e. The number of nitrogens with one attached hydrogen (secondary N) is 1. The number of aryl methyl sites for hydroxylation is 1. The lowest BCUT2D eigenvalue weighted by Gasteiger charge is -2.14. The summed E-state index contributed by atoms with van der Waals surface area (Å²) < 4.78 is 6.65. The summed E-state index contributed by atoms with van der Waals surface area (Å²) in [6, 6.07) is 9.03. The molecule has 1 amide bonds. The van der Waals surface area contributed by atoms with Crippen LogP contribution in [-0.4, -0.2) is 40.7 Å². The first kappa shape index (κ1) is 18.8. The number of ether oxygens (including phenoxy) is 1. The Labute approximate surface area is 160 Å². The molecule has 0 aliphatic carbocycles. The van der Waals surface area contributed by atoms with Crippen molar-refractivity contribution in [2.45, 2.75) is 20.4 Å². The molecule has 0 aliphatic heterocycles. The Bertz CT molecular complexity index is 996. The smallest absolute Gasteiger partial charge is 0.275 e. The number of hydrogen-bond acceptors (Lipinski definition) is 7. The predicted octanol–water partition coefficient (Wildman–Crippen LogP) is 1.61. The highest BCUT2D eigenvalue weighted by Crippen LogP contribution is 2.19. The minimum atomic E-state index is -0.228. The van der Waals surface area contributed by atoms with Crippen LogP contribution in [0.5, 0.6) is 5.75 Å². The van der Waals surface area contributed by atoms with Crippen molar-refractivity contribution in [2.24, 2.45) is 0 Å². The van der Waals surface area contributed by atoms with Crippen LogP contribution in [-0.2, 0) is 11.3 Å². The fraction of sp³-hybridized carbons (Fsp3) is 0.333. The molecule has 142 valence electrons. The molecule has 0 fully saturated rings. The van der Waals surface area contributed by atoms with E-state index in [0.717, 1.165) is 11.3 Å². The normalized spacial score (nSPS) is 10.8. The zero-order valence-corrected chi connectivity index (χ0v) is 16.2. The van der Waals surface area contributed by atoms with Gasteiger partial charge in [-0.05, 0) is 31.5 Å². The van der Waals surface area contributed by atoms with E-state index in [4.69, 9.17) is 4.74 Å². The number of benzene rings is 1. The van der Waals surface area contributed by atoms with Crippen LogP contribution in [0.25, 0.3) is 4.96 Å². The van der Waals surface area contributed by atoms with E-state index in [-0.39, 0.29) is 18.0 Å². The van der Waals surface area contributed by atoms with E-state index in [1.54, 1.807) is 18.9 Å². The second kappa shape index (κ2) is 8.17. The molecule has 0 saturated heterocycles. The van der Waals surface area contributed by atoms with Crippen LogP contribution >= 0.6 is 11.3 Å². The van der Waals surface area contributed by atoms with Crippen LogP contribution < -0.4 is 20.5 Å². The van der Waals surface area contributed by atoms with Gasteiger partial charge in [0.2, 0.25) is 16.0 Å². The topological polar surface area (TPSA) is 88.8 Å². The molecule has 8 nitrogen and oxygen atoms in total. The van der Waals surface area contributed by atoms with Gasteiger partial charge in [-0.25, -0.2) is 4.98 Å².